The fourth-order valence-corrected chi connectivity index (χ4v) is 5.33. The number of hydrogen-bond acceptors (Lipinski definition) is 6. The summed E-state index contributed by atoms with van der Waals surface area (Å²) in [6.07, 6.45) is -3.16. The average Bonchev–Trinajstić information content (AvgIpc) is 2.98. The molecule has 1 N–H and O–H groups in total. The number of rotatable bonds is 8. The molecule has 44 heavy (non-hydrogen) atoms. The second-order valence-electron chi connectivity index (χ2n) is 11.3. The molecule has 4 aromatic rings. The lowest BCUT2D eigenvalue weighted by molar-refractivity contribution is -0.919. The van der Waals surface area contributed by atoms with Gasteiger partial charge in [0.2, 0.25) is 11.2 Å². The molecule has 1 aliphatic rings. The monoisotopic (exact) mass is 610 g/mol. The zero-order valence-electron chi connectivity index (χ0n) is 25.1. The van der Waals surface area contributed by atoms with Gasteiger partial charge in [0.15, 0.2) is 5.58 Å². The first-order valence-corrected chi connectivity index (χ1v) is 14.7. The molecule has 10 heteroatoms. The number of halogens is 3. The molecule has 0 bridgehead atoms. The van der Waals surface area contributed by atoms with Gasteiger partial charge in [-0.15, -0.1) is 0 Å². The molecule has 0 amide bonds. The van der Waals surface area contributed by atoms with Crippen LogP contribution in [0.2, 0.25) is 0 Å². The van der Waals surface area contributed by atoms with Gasteiger partial charge < -0.3 is 23.5 Å². The Balaban J connectivity index is 1.62. The number of alkyl halides is 3. The van der Waals surface area contributed by atoms with Crippen LogP contribution in [-0.4, -0.2) is 25.7 Å². The van der Waals surface area contributed by atoms with Crippen molar-refractivity contribution in [2.75, 3.05) is 19.7 Å². The minimum absolute atomic E-state index is 0.0293. The fourth-order valence-electron chi connectivity index (χ4n) is 5.33. The van der Waals surface area contributed by atoms with Gasteiger partial charge in [-0.25, -0.2) is 4.79 Å². The van der Waals surface area contributed by atoms with Crippen LogP contribution in [-0.2, 0) is 12.7 Å². The molecule has 0 aliphatic carbocycles. The summed E-state index contributed by atoms with van der Waals surface area (Å²) >= 11 is 0. The predicted octanol–water partition coefficient (Wildman–Crippen LogP) is 6.65. The molecule has 7 nitrogen and oxygen atoms in total. The number of nitrogens with one attached hydrogen (secondary N) is 1. The van der Waals surface area contributed by atoms with Crippen LogP contribution in [0.4, 0.5) is 13.2 Å². The molecule has 1 fully saturated rings. The van der Waals surface area contributed by atoms with Crippen molar-refractivity contribution in [1.29, 1.82) is 0 Å². The number of ether oxygens (including phenoxy) is 3. The van der Waals surface area contributed by atoms with Crippen molar-refractivity contribution in [2.45, 2.75) is 53.3 Å². The molecule has 0 spiro atoms. The number of piperidine rings is 1. The normalized spacial score (nSPS) is 17.0. The molecule has 1 aliphatic heterocycles. The maximum Gasteiger partial charge on any atom is 0.453 e. The Kier molecular flexibility index (Phi) is 9.01. The van der Waals surface area contributed by atoms with Crippen LogP contribution in [0.15, 0.2) is 63.8 Å². The van der Waals surface area contributed by atoms with E-state index in [1.54, 1.807) is 43.3 Å². The van der Waals surface area contributed by atoms with Gasteiger partial charge in [-0.05, 0) is 99.2 Å². The molecule has 0 unspecified atom stereocenters. The van der Waals surface area contributed by atoms with E-state index >= 15 is 0 Å². The van der Waals surface area contributed by atoms with Gasteiger partial charge >= 0.3 is 12.1 Å². The zero-order valence-corrected chi connectivity index (χ0v) is 25.1. The van der Waals surface area contributed by atoms with Crippen molar-refractivity contribution in [1.82, 2.24) is 0 Å². The van der Waals surface area contributed by atoms with E-state index in [0.717, 1.165) is 42.0 Å². The van der Waals surface area contributed by atoms with Crippen molar-refractivity contribution in [3.63, 3.8) is 0 Å². The Morgan fingerprint density at radius 1 is 0.977 bits per heavy atom. The van der Waals surface area contributed by atoms with E-state index in [0.29, 0.717) is 18.3 Å². The fraction of sp³-hybridized carbons (Fsp3) is 0.353. The second-order valence-corrected chi connectivity index (χ2v) is 11.3. The second kappa shape index (κ2) is 12.7. The number of benzene rings is 3. The molecule has 1 aromatic heterocycles. The van der Waals surface area contributed by atoms with Crippen molar-refractivity contribution in [2.24, 2.45) is 5.92 Å². The molecule has 3 aromatic carbocycles. The Morgan fingerprint density at radius 2 is 1.66 bits per heavy atom. The van der Waals surface area contributed by atoms with Gasteiger partial charge in [0.05, 0.1) is 36.2 Å². The van der Waals surface area contributed by atoms with Crippen molar-refractivity contribution in [3.05, 3.63) is 92.8 Å². The summed E-state index contributed by atoms with van der Waals surface area (Å²) in [5.41, 5.74) is 0.911. The van der Waals surface area contributed by atoms with E-state index in [1.165, 1.54) is 18.2 Å². The Bertz CT molecular complexity index is 1720. The van der Waals surface area contributed by atoms with Crippen molar-refractivity contribution in [3.8, 4) is 23.0 Å². The molecule has 0 saturated carbocycles. The van der Waals surface area contributed by atoms with Crippen LogP contribution in [0.25, 0.3) is 11.0 Å². The Hall–Kier alpha value is -4.31. The lowest BCUT2D eigenvalue weighted by Gasteiger charge is -2.28. The minimum atomic E-state index is -5.04. The van der Waals surface area contributed by atoms with Gasteiger partial charge in [-0.1, -0.05) is 13.0 Å². The van der Waals surface area contributed by atoms with Crippen molar-refractivity contribution >= 4 is 16.9 Å². The summed E-state index contributed by atoms with van der Waals surface area (Å²) in [5.74, 6) is -1.98. The molecule has 232 valence electrons. The topological polar surface area (TPSA) is 79.4 Å². The molecule has 5 rings (SSSR count). The van der Waals surface area contributed by atoms with Crippen LogP contribution in [0.3, 0.4) is 0 Å². The summed E-state index contributed by atoms with van der Waals surface area (Å²) in [4.78, 5) is 27.9. The number of hydrogen-bond donors (Lipinski definition) is 1. The van der Waals surface area contributed by atoms with Gasteiger partial charge in [0.1, 0.15) is 23.8 Å². The van der Waals surface area contributed by atoms with E-state index in [-0.39, 0.29) is 40.1 Å². The highest BCUT2D eigenvalue weighted by molar-refractivity contribution is 5.92. The van der Waals surface area contributed by atoms with E-state index in [4.69, 9.17) is 18.6 Å². The smallest absolute Gasteiger partial charge is 0.453 e. The summed E-state index contributed by atoms with van der Waals surface area (Å²) in [7, 11) is 0. The van der Waals surface area contributed by atoms with Gasteiger partial charge in [-0.2, -0.15) is 13.2 Å². The molecular weight excluding hydrogens is 575 g/mol. The molecule has 0 atom stereocenters. The van der Waals surface area contributed by atoms with Crippen LogP contribution in [0.1, 0.15) is 59.5 Å². The van der Waals surface area contributed by atoms with E-state index in [1.807, 2.05) is 13.8 Å². The van der Waals surface area contributed by atoms with Crippen LogP contribution in [0.5, 0.6) is 23.0 Å². The Labute approximate surface area is 253 Å². The first kappa shape index (κ1) is 31.1. The third-order valence-corrected chi connectivity index (χ3v) is 8.05. The molecule has 0 radical (unpaired) electrons. The highest BCUT2D eigenvalue weighted by Crippen LogP contribution is 2.40. The maximum absolute atomic E-state index is 14.4. The number of carbonyl (C=O) groups is 1. The van der Waals surface area contributed by atoms with Gasteiger partial charge in [-0.3, -0.25) is 4.79 Å². The number of carbonyl (C=O) groups excluding carboxylic acids is 1. The van der Waals surface area contributed by atoms with Gasteiger partial charge in [0.25, 0.3) is 5.76 Å². The van der Waals surface area contributed by atoms with Crippen LogP contribution in [0, 0.1) is 19.8 Å². The van der Waals surface area contributed by atoms with Gasteiger partial charge in [0, 0.05) is 0 Å². The van der Waals surface area contributed by atoms with E-state index in [2.05, 4.69) is 6.92 Å². The first-order chi connectivity index (χ1) is 20.9. The third-order valence-electron chi connectivity index (χ3n) is 8.05. The highest BCUT2D eigenvalue weighted by atomic mass is 19.4. The first-order valence-electron chi connectivity index (χ1n) is 14.7. The van der Waals surface area contributed by atoms with E-state index < -0.39 is 29.1 Å². The number of esters is 1. The maximum atomic E-state index is 14.4. The quantitative estimate of drug-likeness (QED) is 0.178. The minimum Gasteiger partial charge on any atom is -0.494 e. The van der Waals surface area contributed by atoms with Crippen molar-refractivity contribution < 1.29 is 41.5 Å². The number of aryl methyl sites for hydroxylation is 2. The zero-order chi connectivity index (χ0) is 31.6. The average molecular weight is 611 g/mol. The lowest BCUT2D eigenvalue weighted by atomic mass is 9.98. The largest absolute Gasteiger partial charge is 0.494 e. The predicted molar refractivity (Wildman–Crippen MR) is 159 cm³/mol. The highest BCUT2D eigenvalue weighted by Gasteiger charge is 2.41. The summed E-state index contributed by atoms with van der Waals surface area (Å²) in [6.45, 7) is 9.86. The molecular formula is C34H35F3NO6+. The number of fused-ring (bicyclic) bond motifs is 1. The summed E-state index contributed by atoms with van der Waals surface area (Å²) < 4.78 is 65.6. The number of likely N-dealkylation sites (tertiary alicyclic amines) is 1. The standard InChI is InChI=1S/C34H34F3NO6/c1-5-41-24-10-7-23(8-11-24)33(40)43-28-13-12-26-29(39)31(42-25-9-6-21(3)22(4)18-25)32(34(35,36)37)44-30(26)27(28)19-38-16-14-20(2)15-17-38/h6-13,18,20H,5,14-17,19H2,1-4H3/p+1. The third kappa shape index (κ3) is 6.75. The van der Waals surface area contributed by atoms with Crippen LogP contribution < -0.4 is 24.5 Å². The molecule has 1 saturated heterocycles. The Morgan fingerprint density at radius 3 is 2.30 bits per heavy atom. The summed E-state index contributed by atoms with van der Waals surface area (Å²) in [6, 6.07) is 13.9. The van der Waals surface area contributed by atoms with E-state index in [9.17, 15) is 22.8 Å². The summed E-state index contributed by atoms with van der Waals surface area (Å²) in [5, 5.41) is -0.0996. The lowest BCUT2D eigenvalue weighted by Crippen LogP contribution is -3.11. The SMILES string of the molecule is CCOc1ccc(C(=O)Oc2ccc3c(=O)c(Oc4ccc(C)c(C)c4)c(C(F)(F)F)oc3c2C[NH+]2CCC(C)CC2)cc1. The number of quaternary nitrogens is 1. The van der Waals surface area contributed by atoms with Crippen LogP contribution >= 0.6 is 0 Å². The molecule has 2 heterocycles.